The van der Waals surface area contributed by atoms with Gasteiger partial charge in [-0.25, -0.2) is 0 Å². The van der Waals surface area contributed by atoms with Crippen LogP contribution < -0.4 is 15.4 Å². The second kappa shape index (κ2) is 10.9. The first-order valence-electron chi connectivity index (χ1n) is 10.4. The number of benzene rings is 2. The summed E-state index contributed by atoms with van der Waals surface area (Å²) in [6, 6.07) is 14.9. The molecule has 1 aliphatic heterocycles. The molecule has 2 aromatic carbocycles. The molecular weight excluding hydrogens is 362 g/mol. The van der Waals surface area contributed by atoms with Gasteiger partial charge >= 0.3 is 0 Å². The van der Waals surface area contributed by atoms with E-state index in [0.717, 1.165) is 49.9 Å². The van der Waals surface area contributed by atoms with Crippen molar-refractivity contribution in [3.8, 4) is 5.75 Å². The summed E-state index contributed by atoms with van der Waals surface area (Å²) < 4.78 is 11.6. The van der Waals surface area contributed by atoms with Crippen LogP contribution in [0.25, 0.3) is 0 Å². The second-order valence-corrected chi connectivity index (χ2v) is 7.68. The molecule has 0 bridgehead atoms. The Balaban J connectivity index is 1.51. The number of aliphatic imine (C=N–C) groups is 1. The third kappa shape index (κ3) is 6.50. The van der Waals surface area contributed by atoms with E-state index in [0.29, 0.717) is 19.1 Å². The van der Waals surface area contributed by atoms with E-state index >= 15 is 0 Å². The Labute approximate surface area is 174 Å². The molecule has 3 rings (SSSR count). The van der Waals surface area contributed by atoms with Crippen LogP contribution in [0.2, 0.25) is 0 Å². The van der Waals surface area contributed by atoms with Crippen LogP contribution in [0.1, 0.15) is 28.7 Å². The average Bonchev–Trinajstić information content (AvgIpc) is 3.25. The van der Waals surface area contributed by atoms with Gasteiger partial charge in [-0.05, 0) is 49.4 Å². The topological polar surface area (TPSA) is 54.9 Å². The quantitative estimate of drug-likeness (QED) is 0.529. The van der Waals surface area contributed by atoms with Gasteiger partial charge in [0, 0.05) is 38.2 Å². The monoisotopic (exact) mass is 395 g/mol. The molecule has 0 spiro atoms. The van der Waals surface area contributed by atoms with Crippen molar-refractivity contribution in [1.82, 2.24) is 10.6 Å². The van der Waals surface area contributed by atoms with Crippen LogP contribution in [-0.2, 0) is 17.7 Å². The average molecular weight is 396 g/mol. The minimum Gasteiger partial charge on any atom is -0.493 e. The maximum absolute atomic E-state index is 6.14. The van der Waals surface area contributed by atoms with E-state index in [-0.39, 0.29) is 0 Å². The predicted octanol–water partition coefficient (Wildman–Crippen LogP) is 3.63. The SMILES string of the molecule is CN=C(NCCc1ccccc1C)NCc1ccc(C)cc1OCC1CCOC1. The summed E-state index contributed by atoms with van der Waals surface area (Å²) in [5.74, 6) is 2.24. The Kier molecular flexibility index (Phi) is 7.94. The van der Waals surface area contributed by atoms with E-state index in [1.165, 1.54) is 16.7 Å². The van der Waals surface area contributed by atoms with Gasteiger partial charge in [0.25, 0.3) is 0 Å². The first-order chi connectivity index (χ1) is 14.2. The van der Waals surface area contributed by atoms with Gasteiger partial charge in [0.05, 0.1) is 13.2 Å². The third-order valence-corrected chi connectivity index (χ3v) is 5.34. The second-order valence-electron chi connectivity index (χ2n) is 7.68. The highest BCUT2D eigenvalue weighted by atomic mass is 16.5. The number of ether oxygens (including phenoxy) is 2. The molecule has 2 N–H and O–H groups in total. The van der Waals surface area contributed by atoms with Crippen molar-refractivity contribution >= 4 is 5.96 Å². The summed E-state index contributed by atoms with van der Waals surface area (Å²) in [5.41, 5.74) is 5.02. The van der Waals surface area contributed by atoms with Gasteiger partial charge < -0.3 is 20.1 Å². The van der Waals surface area contributed by atoms with Crippen LogP contribution in [-0.4, -0.2) is 39.4 Å². The minimum atomic E-state index is 0.493. The van der Waals surface area contributed by atoms with Crippen molar-refractivity contribution in [1.29, 1.82) is 0 Å². The maximum atomic E-state index is 6.14. The van der Waals surface area contributed by atoms with E-state index in [1.54, 1.807) is 7.05 Å². The molecule has 5 nitrogen and oxygen atoms in total. The van der Waals surface area contributed by atoms with Crippen molar-refractivity contribution in [3.05, 3.63) is 64.7 Å². The smallest absolute Gasteiger partial charge is 0.191 e. The normalized spacial score (nSPS) is 16.7. The van der Waals surface area contributed by atoms with Crippen LogP contribution >= 0.6 is 0 Å². The van der Waals surface area contributed by atoms with E-state index in [4.69, 9.17) is 9.47 Å². The van der Waals surface area contributed by atoms with E-state index in [9.17, 15) is 0 Å². The summed E-state index contributed by atoms with van der Waals surface area (Å²) in [4.78, 5) is 4.35. The van der Waals surface area contributed by atoms with E-state index in [2.05, 4.69) is 71.9 Å². The Morgan fingerprint density at radius 2 is 2.00 bits per heavy atom. The summed E-state index contributed by atoms with van der Waals surface area (Å²) in [6.45, 7) is 8.11. The van der Waals surface area contributed by atoms with Crippen LogP contribution in [0.5, 0.6) is 5.75 Å². The molecule has 0 aromatic heterocycles. The zero-order valence-corrected chi connectivity index (χ0v) is 17.8. The van der Waals surface area contributed by atoms with Gasteiger partial charge in [0.1, 0.15) is 5.75 Å². The molecule has 1 aliphatic rings. The van der Waals surface area contributed by atoms with Gasteiger partial charge in [-0.1, -0.05) is 36.4 Å². The highest BCUT2D eigenvalue weighted by molar-refractivity contribution is 5.79. The number of rotatable bonds is 8. The summed E-state index contributed by atoms with van der Waals surface area (Å²) in [5, 5.41) is 6.81. The van der Waals surface area contributed by atoms with Gasteiger partial charge in [0.15, 0.2) is 5.96 Å². The lowest BCUT2D eigenvalue weighted by Crippen LogP contribution is -2.38. The predicted molar refractivity (Wildman–Crippen MR) is 119 cm³/mol. The minimum absolute atomic E-state index is 0.493. The largest absolute Gasteiger partial charge is 0.493 e. The number of hydrogen-bond acceptors (Lipinski definition) is 3. The zero-order valence-electron chi connectivity index (χ0n) is 17.8. The van der Waals surface area contributed by atoms with Crippen LogP contribution in [0, 0.1) is 19.8 Å². The Bertz CT molecular complexity index is 814. The molecule has 0 saturated carbocycles. The maximum Gasteiger partial charge on any atom is 0.191 e. The number of nitrogens with one attached hydrogen (secondary N) is 2. The molecule has 0 radical (unpaired) electrons. The fourth-order valence-electron chi connectivity index (χ4n) is 3.47. The van der Waals surface area contributed by atoms with Crippen molar-refractivity contribution < 1.29 is 9.47 Å². The summed E-state index contributed by atoms with van der Waals surface area (Å²) >= 11 is 0. The molecule has 0 amide bonds. The fourth-order valence-corrected chi connectivity index (χ4v) is 3.47. The van der Waals surface area contributed by atoms with Gasteiger partial charge in [0.2, 0.25) is 0 Å². The van der Waals surface area contributed by atoms with Gasteiger partial charge in [-0.2, -0.15) is 0 Å². The Hall–Kier alpha value is -2.53. The molecule has 156 valence electrons. The first kappa shape index (κ1) is 21.2. The van der Waals surface area contributed by atoms with Crippen LogP contribution in [0.15, 0.2) is 47.5 Å². The number of guanidine groups is 1. The summed E-state index contributed by atoms with van der Waals surface area (Å²) in [6.07, 6.45) is 2.05. The molecule has 2 aromatic rings. The number of nitrogens with zero attached hydrogens (tertiary/aromatic N) is 1. The highest BCUT2D eigenvalue weighted by Gasteiger charge is 2.17. The van der Waals surface area contributed by atoms with E-state index in [1.807, 2.05) is 0 Å². The van der Waals surface area contributed by atoms with Crippen molar-refractivity contribution in [2.24, 2.45) is 10.9 Å². The summed E-state index contributed by atoms with van der Waals surface area (Å²) in [7, 11) is 1.80. The molecule has 5 heteroatoms. The van der Waals surface area contributed by atoms with E-state index < -0.39 is 0 Å². The molecule has 1 unspecified atom stereocenters. The lowest BCUT2D eigenvalue weighted by molar-refractivity contribution is 0.166. The molecule has 1 atom stereocenters. The first-order valence-corrected chi connectivity index (χ1v) is 10.4. The Morgan fingerprint density at radius 1 is 1.14 bits per heavy atom. The number of aryl methyl sites for hydroxylation is 2. The van der Waals surface area contributed by atoms with Gasteiger partial charge in [-0.15, -0.1) is 0 Å². The fraction of sp³-hybridized carbons (Fsp3) is 0.458. The molecule has 0 aliphatic carbocycles. The van der Waals surface area contributed by atoms with Crippen molar-refractivity contribution in [2.75, 3.05) is 33.4 Å². The van der Waals surface area contributed by atoms with Crippen molar-refractivity contribution in [3.63, 3.8) is 0 Å². The lowest BCUT2D eigenvalue weighted by Gasteiger charge is -2.17. The van der Waals surface area contributed by atoms with Gasteiger partial charge in [-0.3, -0.25) is 4.99 Å². The molecule has 1 fully saturated rings. The molecule has 1 saturated heterocycles. The molecule has 29 heavy (non-hydrogen) atoms. The van der Waals surface area contributed by atoms with Crippen LogP contribution in [0.3, 0.4) is 0 Å². The zero-order chi connectivity index (χ0) is 20.5. The standard InChI is InChI=1S/C24H33N3O2/c1-18-8-9-22(23(14-18)29-17-20-11-13-28-16-20)15-27-24(25-3)26-12-10-21-7-5-4-6-19(21)2/h4-9,14,20H,10-13,15-17H2,1-3H3,(H2,25,26,27). The molecule has 1 heterocycles. The Morgan fingerprint density at radius 3 is 2.76 bits per heavy atom. The molecular formula is C24H33N3O2. The van der Waals surface area contributed by atoms with Crippen molar-refractivity contribution in [2.45, 2.75) is 33.2 Å². The highest BCUT2D eigenvalue weighted by Crippen LogP contribution is 2.22. The lowest BCUT2D eigenvalue weighted by atomic mass is 10.1. The number of hydrogen-bond donors (Lipinski definition) is 2. The third-order valence-electron chi connectivity index (χ3n) is 5.34. The van der Waals surface area contributed by atoms with Crippen LogP contribution in [0.4, 0.5) is 0 Å².